The maximum atomic E-state index is 9.39. The molecule has 1 aromatic carbocycles. The number of methoxy groups -OCH3 is 1. The predicted molar refractivity (Wildman–Crippen MR) is 80.8 cm³/mol. The Morgan fingerprint density at radius 2 is 2.10 bits per heavy atom. The summed E-state index contributed by atoms with van der Waals surface area (Å²) in [6.07, 6.45) is 2.24. The SMILES string of the molecule is COc1ccc(C(C(C)N)N2CCCC(CO)C2)cc1. The lowest BCUT2D eigenvalue weighted by Crippen LogP contribution is -2.45. The van der Waals surface area contributed by atoms with Crippen molar-refractivity contribution in [2.75, 3.05) is 26.8 Å². The van der Waals surface area contributed by atoms with Gasteiger partial charge < -0.3 is 15.6 Å². The zero-order chi connectivity index (χ0) is 14.5. The molecule has 4 heteroatoms. The molecule has 1 fully saturated rings. The van der Waals surface area contributed by atoms with Gasteiger partial charge in [0.2, 0.25) is 0 Å². The normalized spacial score (nSPS) is 23.3. The predicted octanol–water partition coefficient (Wildman–Crippen LogP) is 1.79. The quantitative estimate of drug-likeness (QED) is 0.862. The Bertz CT molecular complexity index is 405. The lowest BCUT2D eigenvalue weighted by molar-refractivity contribution is 0.0793. The van der Waals surface area contributed by atoms with Gasteiger partial charge in [-0.3, -0.25) is 4.90 Å². The van der Waals surface area contributed by atoms with E-state index >= 15 is 0 Å². The van der Waals surface area contributed by atoms with Crippen LogP contribution < -0.4 is 10.5 Å². The molecule has 1 aliphatic rings. The van der Waals surface area contributed by atoms with Crippen molar-refractivity contribution in [3.05, 3.63) is 29.8 Å². The topological polar surface area (TPSA) is 58.7 Å². The fourth-order valence-corrected chi connectivity index (χ4v) is 3.15. The van der Waals surface area contributed by atoms with Crippen LogP contribution in [0.25, 0.3) is 0 Å². The van der Waals surface area contributed by atoms with Crippen molar-refractivity contribution in [1.29, 1.82) is 0 Å². The molecule has 4 nitrogen and oxygen atoms in total. The molecule has 0 saturated carbocycles. The van der Waals surface area contributed by atoms with E-state index in [2.05, 4.69) is 24.0 Å². The molecule has 0 aromatic heterocycles. The molecule has 1 aliphatic heterocycles. The maximum absolute atomic E-state index is 9.39. The van der Waals surface area contributed by atoms with Gasteiger partial charge in [0.15, 0.2) is 0 Å². The van der Waals surface area contributed by atoms with Gasteiger partial charge in [-0.25, -0.2) is 0 Å². The standard InChI is InChI=1S/C16H26N2O2/c1-12(17)16(14-5-7-15(20-2)8-6-14)18-9-3-4-13(10-18)11-19/h5-8,12-13,16,19H,3-4,9-11,17H2,1-2H3. The van der Waals surface area contributed by atoms with E-state index in [1.165, 1.54) is 5.56 Å². The van der Waals surface area contributed by atoms with Crippen LogP contribution in [0.4, 0.5) is 0 Å². The second-order valence-corrected chi connectivity index (χ2v) is 5.76. The summed E-state index contributed by atoms with van der Waals surface area (Å²) in [5.41, 5.74) is 7.44. The fourth-order valence-electron chi connectivity index (χ4n) is 3.15. The second kappa shape index (κ2) is 7.07. The number of hydrogen-bond donors (Lipinski definition) is 2. The monoisotopic (exact) mass is 278 g/mol. The number of ether oxygens (including phenoxy) is 1. The highest BCUT2D eigenvalue weighted by molar-refractivity contribution is 5.30. The van der Waals surface area contributed by atoms with Crippen LogP contribution in [-0.2, 0) is 0 Å². The Morgan fingerprint density at radius 1 is 1.40 bits per heavy atom. The Morgan fingerprint density at radius 3 is 2.65 bits per heavy atom. The average Bonchev–Trinajstić information content (AvgIpc) is 2.48. The molecule has 2 rings (SSSR count). The number of likely N-dealkylation sites (tertiary alicyclic amines) is 1. The molecule has 0 aliphatic carbocycles. The molecule has 3 unspecified atom stereocenters. The van der Waals surface area contributed by atoms with Crippen molar-refractivity contribution >= 4 is 0 Å². The van der Waals surface area contributed by atoms with Gasteiger partial charge in [0.05, 0.1) is 7.11 Å². The van der Waals surface area contributed by atoms with Gasteiger partial charge in [-0.05, 0) is 49.9 Å². The average molecular weight is 278 g/mol. The second-order valence-electron chi connectivity index (χ2n) is 5.76. The van der Waals surface area contributed by atoms with Crippen LogP contribution in [0.1, 0.15) is 31.4 Å². The van der Waals surface area contributed by atoms with E-state index in [-0.39, 0.29) is 18.7 Å². The number of benzene rings is 1. The van der Waals surface area contributed by atoms with Crippen LogP contribution in [0, 0.1) is 5.92 Å². The molecule has 1 aromatic rings. The molecule has 1 saturated heterocycles. The Hall–Kier alpha value is -1.10. The van der Waals surface area contributed by atoms with Gasteiger partial charge in [0.1, 0.15) is 5.75 Å². The van der Waals surface area contributed by atoms with Crippen molar-refractivity contribution in [3.8, 4) is 5.75 Å². The minimum Gasteiger partial charge on any atom is -0.497 e. The molecular weight excluding hydrogens is 252 g/mol. The van der Waals surface area contributed by atoms with Crippen LogP contribution in [-0.4, -0.2) is 42.9 Å². The van der Waals surface area contributed by atoms with Crippen molar-refractivity contribution in [3.63, 3.8) is 0 Å². The number of nitrogens with two attached hydrogens (primary N) is 1. The van der Waals surface area contributed by atoms with Crippen LogP contribution in [0.15, 0.2) is 24.3 Å². The zero-order valence-corrected chi connectivity index (χ0v) is 12.5. The molecule has 0 amide bonds. The summed E-state index contributed by atoms with van der Waals surface area (Å²) in [6, 6.07) is 8.41. The third-order valence-corrected chi connectivity index (χ3v) is 4.16. The van der Waals surface area contributed by atoms with Crippen LogP contribution in [0.3, 0.4) is 0 Å². The number of aliphatic hydroxyl groups is 1. The summed E-state index contributed by atoms with van der Waals surface area (Å²) in [5, 5.41) is 9.39. The molecule has 1 heterocycles. The van der Waals surface area contributed by atoms with Crippen molar-refractivity contribution in [2.24, 2.45) is 11.7 Å². The first-order chi connectivity index (χ1) is 9.65. The summed E-state index contributed by atoms with van der Waals surface area (Å²) in [7, 11) is 1.68. The lowest BCUT2D eigenvalue weighted by atomic mass is 9.92. The molecule has 3 atom stereocenters. The van der Waals surface area contributed by atoms with E-state index in [0.717, 1.165) is 31.7 Å². The van der Waals surface area contributed by atoms with Gasteiger partial charge in [-0.1, -0.05) is 12.1 Å². The first kappa shape index (κ1) is 15.3. The fraction of sp³-hybridized carbons (Fsp3) is 0.625. The van der Waals surface area contributed by atoms with Crippen molar-refractivity contribution < 1.29 is 9.84 Å². The van der Waals surface area contributed by atoms with Crippen LogP contribution >= 0.6 is 0 Å². The highest BCUT2D eigenvalue weighted by Gasteiger charge is 2.28. The van der Waals surface area contributed by atoms with E-state index in [1.54, 1.807) is 7.11 Å². The number of nitrogens with zero attached hydrogens (tertiary/aromatic N) is 1. The van der Waals surface area contributed by atoms with Gasteiger partial charge >= 0.3 is 0 Å². The van der Waals surface area contributed by atoms with Crippen LogP contribution in [0.2, 0.25) is 0 Å². The van der Waals surface area contributed by atoms with Crippen molar-refractivity contribution in [1.82, 2.24) is 4.90 Å². The number of piperidine rings is 1. The minimum atomic E-state index is 0.0563. The molecule has 20 heavy (non-hydrogen) atoms. The van der Waals surface area contributed by atoms with Gasteiger partial charge in [-0.15, -0.1) is 0 Å². The molecule has 0 spiro atoms. The molecular formula is C16H26N2O2. The first-order valence-corrected chi connectivity index (χ1v) is 7.40. The molecule has 0 radical (unpaired) electrons. The van der Waals surface area contributed by atoms with Gasteiger partial charge in [0.25, 0.3) is 0 Å². The number of rotatable bonds is 5. The third kappa shape index (κ3) is 3.51. The van der Waals surface area contributed by atoms with Gasteiger partial charge in [0, 0.05) is 25.2 Å². The summed E-state index contributed by atoms with van der Waals surface area (Å²) in [4.78, 5) is 2.41. The van der Waals surface area contributed by atoms with Crippen molar-refractivity contribution in [2.45, 2.75) is 31.8 Å². The highest BCUT2D eigenvalue weighted by Crippen LogP contribution is 2.29. The van der Waals surface area contributed by atoms with E-state index in [0.29, 0.717) is 5.92 Å². The highest BCUT2D eigenvalue weighted by atomic mass is 16.5. The summed E-state index contributed by atoms with van der Waals surface area (Å²) in [6.45, 7) is 4.30. The van der Waals surface area contributed by atoms with E-state index in [1.807, 2.05) is 12.1 Å². The Balaban J connectivity index is 2.17. The number of hydrogen-bond acceptors (Lipinski definition) is 4. The van der Waals surface area contributed by atoms with E-state index in [9.17, 15) is 5.11 Å². The maximum Gasteiger partial charge on any atom is 0.118 e. The zero-order valence-electron chi connectivity index (χ0n) is 12.5. The lowest BCUT2D eigenvalue weighted by Gasteiger charge is -2.40. The smallest absolute Gasteiger partial charge is 0.118 e. The van der Waals surface area contributed by atoms with E-state index in [4.69, 9.17) is 10.5 Å². The van der Waals surface area contributed by atoms with E-state index < -0.39 is 0 Å². The molecule has 0 bridgehead atoms. The summed E-state index contributed by atoms with van der Waals surface area (Å²) in [5.74, 6) is 1.24. The summed E-state index contributed by atoms with van der Waals surface area (Å²) >= 11 is 0. The Labute approximate surface area is 121 Å². The largest absolute Gasteiger partial charge is 0.497 e. The molecule has 112 valence electrons. The summed E-state index contributed by atoms with van der Waals surface area (Å²) < 4.78 is 5.21. The third-order valence-electron chi connectivity index (χ3n) is 4.16. The molecule has 3 N–H and O–H groups in total. The van der Waals surface area contributed by atoms with Crippen LogP contribution in [0.5, 0.6) is 5.75 Å². The number of aliphatic hydroxyl groups excluding tert-OH is 1. The Kier molecular flexibility index (Phi) is 5.40. The van der Waals surface area contributed by atoms with Gasteiger partial charge in [-0.2, -0.15) is 0 Å². The minimum absolute atomic E-state index is 0.0563. The first-order valence-electron chi connectivity index (χ1n) is 7.40.